The van der Waals surface area contributed by atoms with Crippen LogP contribution in [0.3, 0.4) is 0 Å². The number of hydrogen-bond acceptors (Lipinski definition) is 3. The van der Waals surface area contributed by atoms with Gasteiger partial charge in [-0.2, -0.15) is 0 Å². The molecule has 0 aliphatic heterocycles. The van der Waals surface area contributed by atoms with Gasteiger partial charge in [0.25, 0.3) is 0 Å². The van der Waals surface area contributed by atoms with E-state index in [2.05, 4.69) is 17.7 Å². The first-order valence-corrected chi connectivity index (χ1v) is 7.44. The molecule has 4 heteroatoms. The van der Waals surface area contributed by atoms with E-state index in [1.807, 2.05) is 20.8 Å². The first-order valence-electron chi connectivity index (χ1n) is 7.44. The van der Waals surface area contributed by atoms with E-state index in [4.69, 9.17) is 4.74 Å². The predicted octanol–water partition coefficient (Wildman–Crippen LogP) is 2.82. The van der Waals surface area contributed by atoms with Crippen molar-refractivity contribution in [2.24, 2.45) is 5.41 Å². The molecule has 0 radical (unpaired) electrons. The summed E-state index contributed by atoms with van der Waals surface area (Å²) < 4.78 is 5.31. The van der Waals surface area contributed by atoms with Crippen LogP contribution in [0.2, 0.25) is 0 Å². The summed E-state index contributed by atoms with van der Waals surface area (Å²) in [6.07, 6.45) is 7.06. The molecule has 3 rings (SSSR count). The third-order valence-corrected chi connectivity index (χ3v) is 4.94. The summed E-state index contributed by atoms with van der Waals surface area (Å²) in [5.41, 5.74) is 0.283. The number of carbonyl (C=O) groups excluding carboxylic acids is 1. The highest BCUT2D eigenvalue weighted by Gasteiger charge is 2.47. The topological polar surface area (TPSA) is 50.4 Å². The summed E-state index contributed by atoms with van der Waals surface area (Å²) in [7, 11) is 2.08. The quantitative estimate of drug-likeness (QED) is 0.827. The summed E-state index contributed by atoms with van der Waals surface area (Å²) in [5, 5.41) is 6.48. The molecule has 3 aliphatic rings. The van der Waals surface area contributed by atoms with Crippen LogP contribution < -0.4 is 10.6 Å². The molecule has 1 amide bonds. The van der Waals surface area contributed by atoms with E-state index in [0.29, 0.717) is 11.0 Å². The molecule has 0 aromatic carbocycles. The smallest absolute Gasteiger partial charge is 0.407 e. The molecule has 0 aromatic heterocycles. The maximum atomic E-state index is 11.7. The third-order valence-electron chi connectivity index (χ3n) is 4.94. The number of carbonyl (C=O) groups is 1. The molecule has 0 saturated heterocycles. The zero-order chi connectivity index (χ0) is 14.1. The largest absolute Gasteiger partial charge is 0.444 e. The molecule has 0 heterocycles. The third kappa shape index (κ3) is 3.41. The lowest BCUT2D eigenvalue weighted by Gasteiger charge is -2.53. The summed E-state index contributed by atoms with van der Waals surface area (Å²) >= 11 is 0. The zero-order valence-corrected chi connectivity index (χ0v) is 12.8. The Balaban J connectivity index is 1.83. The van der Waals surface area contributed by atoms with Crippen molar-refractivity contribution in [1.82, 2.24) is 10.6 Å². The van der Waals surface area contributed by atoms with E-state index in [0.717, 1.165) is 6.54 Å². The second-order valence-electron chi connectivity index (χ2n) is 7.39. The normalized spacial score (nSPS) is 34.1. The van der Waals surface area contributed by atoms with E-state index in [-0.39, 0.29) is 6.09 Å². The van der Waals surface area contributed by atoms with Crippen molar-refractivity contribution < 1.29 is 9.53 Å². The molecule has 19 heavy (non-hydrogen) atoms. The number of hydrogen-bond donors (Lipinski definition) is 2. The van der Waals surface area contributed by atoms with Gasteiger partial charge in [0.2, 0.25) is 0 Å². The Hall–Kier alpha value is -0.770. The first-order chi connectivity index (χ1) is 8.78. The van der Waals surface area contributed by atoms with Crippen LogP contribution >= 0.6 is 0 Å². The van der Waals surface area contributed by atoms with E-state index in [9.17, 15) is 4.79 Å². The van der Waals surface area contributed by atoms with Crippen LogP contribution in [0.15, 0.2) is 0 Å². The Labute approximate surface area is 116 Å². The number of fused-ring (bicyclic) bond motifs is 3. The maximum Gasteiger partial charge on any atom is 0.407 e. The molecule has 3 aliphatic carbocycles. The van der Waals surface area contributed by atoms with Gasteiger partial charge >= 0.3 is 6.09 Å². The fraction of sp³-hybridized carbons (Fsp3) is 0.933. The molecule has 3 fully saturated rings. The highest BCUT2D eigenvalue weighted by Crippen LogP contribution is 2.51. The molecule has 110 valence electrons. The number of rotatable bonds is 3. The first kappa shape index (κ1) is 14.6. The minimum atomic E-state index is -0.415. The highest BCUT2D eigenvalue weighted by atomic mass is 16.6. The molecule has 0 spiro atoms. The van der Waals surface area contributed by atoms with Crippen molar-refractivity contribution in [3.05, 3.63) is 0 Å². The van der Waals surface area contributed by atoms with E-state index in [1.54, 1.807) is 0 Å². The molecule has 2 bridgehead atoms. The highest BCUT2D eigenvalue weighted by molar-refractivity contribution is 5.67. The summed E-state index contributed by atoms with van der Waals surface area (Å²) in [5.74, 6) is 0. The summed E-state index contributed by atoms with van der Waals surface area (Å²) in [6.45, 7) is 6.45. The van der Waals surface area contributed by atoms with Gasteiger partial charge in [0, 0.05) is 12.1 Å². The van der Waals surface area contributed by atoms with Gasteiger partial charge in [0.1, 0.15) is 5.60 Å². The molecule has 0 atom stereocenters. The Bertz CT molecular complexity index is 322. The van der Waals surface area contributed by atoms with Crippen LogP contribution in [0, 0.1) is 5.41 Å². The van der Waals surface area contributed by atoms with Gasteiger partial charge in [0.15, 0.2) is 0 Å². The second kappa shape index (κ2) is 4.97. The van der Waals surface area contributed by atoms with Gasteiger partial charge < -0.3 is 15.4 Å². The average Bonchev–Trinajstić information content (AvgIpc) is 2.37. The van der Waals surface area contributed by atoms with Crippen molar-refractivity contribution in [3.63, 3.8) is 0 Å². The molecule has 0 aromatic rings. The van der Waals surface area contributed by atoms with Crippen molar-refractivity contribution in [1.29, 1.82) is 0 Å². The van der Waals surface area contributed by atoms with E-state index in [1.165, 1.54) is 38.5 Å². The Morgan fingerprint density at radius 2 is 1.63 bits per heavy atom. The molecular weight excluding hydrogens is 240 g/mol. The van der Waals surface area contributed by atoms with Crippen LogP contribution in [0.5, 0.6) is 0 Å². The van der Waals surface area contributed by atoms with Crippen LogP contribution in [0.1, 0.15) is 59.3 Å². The molecule has 3 saturated carbocycles. The second-order valence-corrected chi connectivity index (χ2v) is 7.39. The Kier molecular flexibility index (Phi) is 3.83. The van der Waals surface area contributed by atoms with Crippen molar-refractivity contribution in [2.45, 2.75) is 70.4 Å². The minimum absolute atomic E-state index is 0.280. The number of alkyl carbamates (subject to hydrolysis) is 1. The Morgan fingerprint density at radius 3 is 2.05 bits per heavy atom. The van der Waals surface area contributed by atoms with Gasteiger partial charge in [-0.1, -0.05) is 0 Å². The van der Waals surface area contributed by atoms with Crippen molar-refractivity contribution in [3.8, 4) is 0 Å². The molecule has 2 N–H and O–H groups in total. The zero-order valence-electron chi connectivity index (χ0n) is 12.8. The standard InChI is InChI=1S/C15H28N2O2/c1-13(2,3)19-12(18)17-11-14-5-8-15(16-4,9-6-14)10-7-14/h16H,5-11H2,1-4H3,(H,17,18). The van der Waals surface area contributed by atoms with Gasteiger partial charge in [-0.3, -0.25) is 0 Å². The Morgan fingerprint density at radius 1 is 1.11 bits per heavy atom. The number of ether oxygens (including phenoxy) is 1. The lowest BCUT2D eigenvalue weighted by atomic mass is 9.57. The SMILES string of the molecule is CNC12CCC(CNC(=O)OC(C)(C)C)(CC1)CC2. The fourth-order valence-corrected chi connectivity index (χ4v) is 3.48. The lowest BCUT2D eigenvalue weighted by Crippen LogP contribution is -2.56. The van der Waals surface area contributed by atoms with Crippen LogP contribution in [-0.2, 0) is 4.74 Å². The summed E-state index contributed by atoms with van der Waals surface area (Å²) in [6, 6.07) is 0. The molecule has 4 nitrogen and oxygen atoms in total. The van der Waals surface area contributed by atoms with Gasteiger partial charge in [-0.15, -0.1) is 0 Å². The average molecular weight is 268 g/mol. The lowest BCUT2D eigenvalue weighted by molar-refractivity contribution is 0.0186. The van der Waals surface area contributed by atoms with Gasteiger partial charge in [-0.25, -0.2) is 4.79 Å². The number of amides is 1. The minimum Gasteiger partial charge on any atom is -0.444 e. The number of nitrogens with one attached hydrogen (secondary N) is 2. The van der Waals surface area contributed by atoms with Crippen LogP contribution in [0.4, 0.5) is 4.79 Å². The van der Waals surface area contributed by atoms with E-state index >= 15 is 0 Å². The van der Waals surface area contributed by atoms with Gasteiger partial charge in [-0.05, 0) is 71.8 Å². The summed E-state index contributed by atoms with van der Waals surface area (Å²) in [4.78, 5) is 11.7. The van der Waals surface area contributed by atoms with E-state index < -0.39 is 5.60 Å². The predicted molar refractivity (Wildman–Crippen MR) is 76.2 cm³/mol. The monoisotopic (exact) mass is 268 g/mol. The van der Waals surface area contributed by atoms with Crippen LogP contribution in [0.25, 0.3) is 0 Å². The molecular formula is C15H28N2O2. The van der Waals surface area contributed by atoms with Crippen molar-refractivity contribution >= 4 is 6.09 Å². The van der Waals surface area contributed by atoms with Gasteiger partial charge in [0.05, 0.1) is 0 Å². The maximum absolute atomic E-state index is 11.7. The molecule has 0 unspecified atom stereocenters. The fourth-order valence-electron chi connectivity index (χ4n) is 3.48. The van der Waals surface area contributed by atoms with Crippen LogP contribution in [-0.4, -0.2) is 30.8 Å². The van der Waals surface area contributed by atoms with Crippen molar-refractivity contribution in [2.75, 3.05) is 13.6 Å².